The molecule has 24 heavy (non-hydrogen) atoms. The minimum Gasteiger partial charge on any atom is -0.479 e. The molecule has 1 N–H and O–H groups in total. The van der Waals surface area contributed by atoms with Gasteiger partial charge in [0.2, 0.25) is 0 Å². The molecular weight excluding hydrogens is 353 g/mol. The van der Waals surface area contributed by atoms with Crippen LogP contribution in [0, 0.1) is 0 Å². The van der Waals surface area contributed by atoms with Crippen molar-refractivity contribution in [3.63, 3.8) is 0 Å². The van der Waals surface area contributed by atoms with Crippen molar-refractivity contribution in [2.24, 2.45) is 0 Å². The summed E-state index contributed by atoms with van der Waals surface area (Å²) in [5, 5.41) is 3.20. The van der Waals surface area contributed by atoms with Gasteiger partial charge in [-0.1, -0.05) is 41.4 Å². The van der Waals surface area contributed by atoms with Gasteiger partial charge in [-0.05, 0) is 31.2 Å². The second kappa shape index (κ2) is 8.04. The van der Waals surface area contributed by atoms with Crippen molar-refractivity contribution in [3.8, 4) is 5.75 Å². The summed E-state index contributed by atoms with van der Waals surface area (Å²) < 4.78 is 10.2. The number of methoxy groups -OCH3 is 1. The lowest BCUT2D eigenvalue weighted by molar-refractivity contribution is -0.122. The van der Waals surface area contributed by atoms with Crippen molar-refractivity contribution in [2.75, 3.05) is 12.4 Å². The van der Waals surface area contributed by atoms with Gasteiger partial charge in [0.1, 0.15) is 10.8 Å². The number of nitrogens with one attached hydrogen (secondary N) is 1. The molecule has 0 bridgehead atoms. The highest BCUT2D eigenvalue weighted by molar-refractivity contribution is 6.42. The van der Waals surface area contributed by atoms with Gasteiger partial charge in [0.15, 0.2) is 6.10 Å². The maximum absolute atomic E-state index is 12.3. The van der Waals surface area contributed by atoms with E-state index in [1.807, 2.05) is 0 Å². The van der Waals surface area contributed by atoms with Crippen LogP contribution in [0.2, 0.25) is 10.0 Å². The number of ether oxygens (including phenoxy) is 2. The third kappa shape index (κ3) is 4.19. The molecule has 126 valence electrons. The number of amides is 1. The standard InChI is InChI=1S/C17H15Cl2NO4/c1-10(24-14-9-5-7-12(18)15(14)19)16(21)20-13-8-4-3-6-11(13)17(22)23-2/h3-10H,1-2H3,(H,20,21). The second-order valence-electron chi connectivity index (χ2n) is 4.84. The van der Waals surface area contributed by atoms with Gasteiger partial charge in [-0.2, -0.15) is 0 Å². The fourth-order valence-electron chi connectivity index (χ4n) is 1.93. The molecule has 0 fully saturated rings. The average molecular weight is 368 g/mol. The van der Waals surface area contributed by atoms with Gasteiger partial charge < -0.3 is 14.8 Å². The molecule has 0 saturated carbocycles. The van der Waals surface area contributed by atoms with Crippen molar-refractivity contribution in [3.05, 3.63) is 58.1 Å². The number of anilines is 1. The normalized spacial score (nSPS) is 11.5. The molecule has 2 rings (SSSR count). The maximum atomic E-state index is 12.3. The highest BCUT2D eigenvalue weighted by Crippen LogP contribution is 2.32. The van der Waals surface area contributed by atoms with E-state index in [4.69, 9.17) is 27.9 Å². The monoisotopic (exact) mass is 367 g/mol. The number of halogens is 2. The third-order valence-corrected chi connectivity index (χ3v) is 3.98. The van der Waals surface area contributed by atoms with Crippen LogP contribution in [0.3, 0.4) is 0 Å². The molecular formula is C17H15Cl2NO4. The highest BCUT2D eigenvalue weighted by Gasteiger charge is 2.20. The molecule has 0 aromatic heterocycles. The van der Waals surface area contributed by atoms with E-state index in [0.29, 0.717) is 16.5 Å². The van der Waals surface area contributed by atoms with Crippen LogP contribution >= 0.6 is 23.2 Å². The van der Waals surface area contributed by atoms with Crippen LogP contribution in [-0.2, 0) is 9.53 Å². The minimum absolute atomic E-state index is 0.230. The molecule has 1 atom stereocenters. The van der Waals surface area contributed by atoms with Crippen LogP contribution in [0.5, 0.6) is 5.75 Å². The Morgan fingerprint density at radius 2 is 1.79 bits per heavy atom. The first-order valence-electron chi connectivity index (χ1n) is 7.03. The SMILES string of the molecule is COC(=O)c1ccccc1NC(=O)C(C)Oc1cccc(Cl)c1Cl. The van der Waals surface area contributed by atoms with Gasteiger partial charge in [0.05, 0.1) is 23.4 Å². The molecule has 1 amide bonds. The Labute approximate surface area is 149 Å². The van der Waals surface area contributed by atoms with Gasteiger partial charge in [-0.3, -0.25) is 4.79 Å². The van der Waals surface area contributed by atoms with Crippen LogP contribution < -0.4 is 10.1 Å². The predicted molar refractivity (Wildman–Crippen MR) is 93.0 cm³/mol. The lowest BCUT2D eigenvalue weighted by atomic mass is 10.1. The number of hydrogen-bond donors (Lipinski definition) is 1. The van der Waals surface area contributed by atoms with Crippen LogP contribution in [0.15, 0.2) is 42.5 Å². The van der Waals surface area contributed by atoms with Gasteiger partial charge in [0, 0.05) is 0 Å². The van der Waals surface area contributed by atoms with E-state index in [9.17, 15) is 9.59 Å². The molecule has 0 heterocycles. The van der Waals surface area contributed by atoms with Crippen LogP contribution in [0.4, 0.5) is 5.69 Å². The maximum Gasteiger partial charge on any atom is 0.339 e. The summed E-state index contributed by atoms with van der Waals surface area (Å²) in [6.07, 6.45) is -0.855. The number of carbonyl (C=O) groups is 2. The third-order valence-electron chi connectivity index (χ3n) is 3.18. The number of para-hydroxylation sites is 1. The smallest absolute Gasteiger partial charge is 0.339 e. The van der Waals surface area contributed by atoms with Crippen molar-refractivity contribution < 1.29 is 19.1 Å². The molecule has 0 aliphatic carbocycles. The van der Waals surface area contributed by atoms with Gasteiger partial charge in [-0.15, -0.1) is 0 Å². The molecule has 0 spiro atoms. The van der Waals surface area contributed by atoms with E-state index in [0.717, 1.165) is 0 Å². The zero-order chi connectivity index (χ0) is 17.7. The first-order chi connectivity index (χ1) is 11.4. The Morgan fingerprint density at radius 1 is 1.08 bits per heavy atom. The fraction of sp³-hybridized carbons (Fsp3) is 0.176. The van der Waals surface area contributed by atoms with Crippen LogP contribution in [0.25, 0.3) is 0 Å². The summed E-state index contributed by atoms with van der Waals surface area (Å²) in [7, 11) is 1.27. The molecule has 0 aliphatic rings. The number of benzene rings is 2. The fourth-order valence-corrected chi connectivity index (χ4v) is 2.27. The van der Waals surface area contributed by atoms with Gasteiger partial charge >= 0.3 is 5.97 Å². The number of esters is 1. The Kier molecular flexibility index (Phi) is 6.06. The second-order valence-corrected chi connectivity index (χ2v) is 5.62. The summed E-state index contributed by atoms with van der Waals surface area (Å²) in [6, 6.07) is 11.4. The van der Waals surface area contributed by atoms with E-state index >= 15 is 0 Å². The van der Waals surface area contributed by atoms with Crippen molar-refractivity contribution >= 4 is 40.8 Å². The van der Waals surface area contributed by atoms with Gasteiger partial charge in [-0.25, -0.2) is 4.79 Å². The lowest BCUT2D eigenvalue weighted by Crippen LogP contribution is -2.30. The van der Waals surface area contributed by atoms with Crippen LogP contribution in [-0.4, -0.2) is 25.1 Å². The van der Waals surface area contributed by atoms with E-state index in [1.54, 1.807) is 49.4 Å². The molecule has 0 radical (unpaired) electrons. The quantitative estimate of drug-likeness (QED) is 0.804. The zero-order valence-corrected chi connectivity index (χ0v) is 14.5. The minimum atomic E-state index is -0.855. The topological polar surface area (TPSA) is 64.6 Å². The molecule has 1 unspecified atom stereocenters. The first-order valence-corrected chi connectivity index (χ1v) is 7.78. The molecule has 0 saturated heterocycles. The van der Waals surface area contributed by atoms with Gasteiger partial charge in [0.25, 0.3) is 5.91 Å². The summed E-state index contributed by atoms with van der Waals surface area (Å²) in [5.74, 6) is -0.687. The molecule has 2 aromatic carbocycles. The first kappa shape index (κ1) is 18.1. The molecule has 5 nitrogen and oxygen atoms in total. The number of carbonyl (C=O) groups excluding carboxylic acids is 2. The van der Waals surface area contributed by atoms with E-state index in [-0.39, 0.29) is 10.6 Å². The van der Waals surface area contributed by atoms with E-state index in [1.165, 1.54) is 7.11 Å². The number of rotatable bonds is 5. The average Bonchev–Trinajstić information content (AvgIpc) is 2.58. The van der Waals surface area contributed by atoms with Crippen molar-refractivity contribution in [1.29, 1.82) is 0 Å². The number of hydrogen-bond acceptors (Lipinski definition) is 4. The summed E-state index contributed by atoms with van der Waals surface area (Å²) in [6.45, 7) is 1.56. The molecule has 2 aromatic rings. The molecule has 7 heteroatoms. The molecule has 0 aliphatic heterocycles. The summed E-state index contributed by atoms with van der Waals surface area (Å²) in [4.78, 5) is 24.0. The lowest BCUT2D eigenvalue weighted by Gasteiger charge is -2.17. The van der Waals surface area contributed by atoms with Crippen molar-refractivity contribution in [2.45, 2.75) is 13.0 Å². The zero-order valence-electron chi connectivity index (χ0n) is 13.0. The Bertz CT molecular complexity index is 764. The largest absolute Gasteiger partial charge is 0.479 e. The summed E-state index contributed by atoms with van der Waals surface area (Å²) >= 11 is 12.0. The van der Waals surface area contributed by atoms with E-state index in [2.05, 4.69) is 10.1 Å². The van der Waals surface area contributed by atoms with Crippen molar-refractivity contribution in [1.82, 2.24) is 0 Å². The Hall–Kier alpha value is -2.24. The predicted octanol–water partition coefficient (Wildman–Crippen LogP) is 4.19. The highest BCUT2D eigenvalue weighted by atomic mass is 35.5. The van der Waals surface area contributed by atoms with E-state index < -0.39 is 18.0 Å². The van der Waals surface area contributed by atoms with Crippen LogP contribution in [0.1, 0.15) is 17.3 Å². The Morgan fingerprint density at radius 3 is 2.50 bits per heavy atom. The summed E-state index contributed by atoms with van der Waals surface area (Å²) in [5.41, 5.74) is 0.586. The Balaban J connectivity index is 2.13.